The average molecular weight is 512 g/mol. The highest BCUT2D eigenvalue weighted by molar-refractivity contribution is 7.81. The zero-order valence-corrected chi connectivity index (χ0v) is 18.3. The van der Waals surface area contributed by atoms with Crippen LogP contribution in [0.2, 0.25) is 0 Å². The molecule has 2 saturated heterocycles. The van der Waals surface area contributed by atoms with Crippen LogP contribution in [-0.2, 0) is 20.3 Å². The normalized spacial score (nSPS) is 25.9. The van der Waals surface area contributed by atoms with Crippen molar-refractivity contribution in [3.63, 3.8) is 0 Å². The molecule has 2 aromatic rings. The van der Waals surface area contributed by atoms with Crippen molar-refractivity contribution in [2.75, 3.05) is 19.8 Å². The smallest absolute Gasteiger partial charge is 0.429 e. The van der Waals surface area contributed by atoms with E-state index in [0.29, 0.717) is 18.7 Å². The molecule has 0 aliphatic carbocycles. The van der Waals surface area contributed by atoms with Crippen molar-refractivity contribution in [1.82, 2.24) is 0 Å². The third-order valence-electron chi connectivity index (χ3n) is 5.57. The van der Waals surface area contributed by atoms with Crippen LogP contribution in [0.1, 0.15) is 30.3 Å². The molecule has 2 heterocycles. The van der Waals surface area contributed by atoms with Gasteiger partial charge in [-0.25, -0.2) is 22.0 Å². The van der Waals surface area contributed by atoms with E-state index in [2.05, 4.69) is 17.4 Å². The van der Waals surface area contributed by atoms with Crippen LogP contribution in [0.3, 0.4) is 0 Å². The van der Waals surface area contributed by atoms with Gasteiger partial charge < -0.3 is 18.9 Å². The van der Waals surface area contributed by atoms with Crippen LogP contribution in [-0.4, -0.2) is 31.2 Å². The van der Waals surface area contributed by atoms with E-state index in [0.717, 1.165) is 12.8 Å². The fourth-order valence-corrected chi connectivity index (χ4v) is 4.09. The lowest BCUT2D eigenvalue weighted by atomic mass is 9.96. The van der Waals surface area contributed by atoms with Crippen LogP contribution >= 0.6 is 12.6 Å². The second-order valence-electron chi connectivity index (χ2n) is 8.04. The van der Waals surface area contributed by atoms with Crippen LogP contribution in [0.15, 0.2) is 24.3 Å². The molecule has 12 heteroatoms. The van der Waals surface area contributed by atoms with Crippen molar-refractivity contribution in [2.45, 2.75) is 36.6 Å². The molecule has 2 aliphatic heterocycles. The Bertz CT molecular complexity index is 992. The Morgan fingerprint density at radius 3 is 1.91 bits per heavy atom. The highest BCUT2D eigenvalue weighted by Crippen LogP contribution is 2.38. The lowest BCUT2D eigenvalue weighted by molar-refractivity contribution is -0.225. The minimum absolute atomic E-state index is 0.111. The van der Waals surface area contributed by atoms with Gasteiger partial charge in [0.05, 0.1) is 25.9 Å². The third-order valence-corrected chi connectivity index (χ3v) is 5.97. The van der Waals surface area contributed by atoms with Gasteiger partial charge in [0.15, 0.2) is 23.7 Å². The minimum Gasteiger partial charge on any atom is -0.429 e. The van der Waals surface area contributed by atoms with Crippen molar-refractivity contribution in [1.29, 1.82) is 0 Å². The summed E-state index contributed by atoms with van der Waals surface area (Å²) in [4.78, 5) is 0. The molecule has 2 aromatic carbocycles. The van der Waals surface area contributed by atoms with Crippen molar-refractivity contribution >= 4 is 12.6 Å². The molecule has 2 aliphatic rings. The molecule has 0 N–H and O–H groups in total. The predicted octanol–water partition coefficient (Wildman–Crippen LogP) is 5.65. The average Bonchev–Trinajstić information content (AvgIpc) is 2.77. The zero-order chi connectivity index (χ0) is 24.6. The molecule has 0 saturated carbocycles. The van der Waals surface area contributed by atoms with Crippen molar-refractivity contribution < 1.29 is 49.7 Å². The fourth-order valence-electron chi connectivity index (χ4n) is 3.85. The molecule has 0 aromatic heterocycles. The summed E-state index contributed by atoms with van der Waals surface area (Å²) in [5.41, 5.74) is -1.99. The number of rotatable bonds is 5. The fraction of sp³-hybridized carbons (Fsp3) is 0.455. The summed E-state index contributed by atoms with van der Waals surface area (Å²) >= 11 is 4.35. The van der Waals surface area contributed by atoms with Crippen LogP contribution in [0.5, 0.6) is 5.75 Å². The lowest BCUT2D eigenvalue weighted by Gasteiger charge is -2.37. The van der Waals surface area contributed by atoms with Gasteiger partial charge in [-0.05, 0) is 25.0 Å². The van der Waals surface area contributed by atoms with Gasteiger partial charge in [-0.2, -0.15) is 21.4 Å². The number of hydrogen-bond donors (Lipinski definition) is 1. The molecule has 0 radical (unpaired) electrons. The molecule has 4 nitrogen and oxygen atoms in total. The van der Waals surface area contributed by atoms with Gasteiger partial charge in [0.1, 0.15) is 22.9 Å². The number of thiol groups is 1. The van der Waals surface area contributed by atoms with E-state index in [9.17, 15) is 30.7 Å². The van der Waals surface area contributed by atoms with Crippen molar-refractivity contribution in [3.05, 3.63) is 64.5 Å². The van der Waals surface area contributed by atoms with E-state index < -0.39 is 52.8 Å². The summed E-state index contributed by atoms with van der Waals surface area (Å²) in [6.45, 7) is 0.816. The van der Waals surface area contributed by atoms with Crippen LogP contribution < -0.4 is 4.74 Å². The van der Waals surface area contributed by atoms with Gasteiger partial charge in [-0.15, -0.1) is 0 Å². The Labute approximate surface area is 195 Å². The topological polar surface area (TPSA) is 36.9 Å². The maximum atomic E-state index is 14.5. The highest BCUT2D eigenvalue weighted by Gasteiger charge is 2.42. The standard InChI is InChI=1S/C22H19F7O4S/c23-14-3-10(21-31-7-11(8-32-21)18-2-1-13(34)9-30-18)4-15(24)19(14)22(28,29)33-12-5-16(25)20(27)17(26)6-12/h3-6,11,13,18,21,34H,1-2,7-9H2. The summed E-state index contributed by atoms with van der Waals surface area (Å²) in [5.74, 6) is -10.2. The molecule has 0 spiro atoms. The van der Waals surface area contributed by atoms with Crippen LogP contribution in [0, 0.1) is 35.0 Å². The van der Waals surface area contributed by atoms with E-state index >= 15 is 0 Å². The first-order chi connectivity index (χ1) is 16.0. The van der Waals surface area contributed by atoms with E-state index in [1.54, 1.807) is 0 Å². The van der Waals surface area contributed by atoms with E-state index in [-0.39, 0.29) is 48.2 Å². The van der Waals surface area contributed by atoms with Gasteiger partial charge in [-0.1, -0.05) is 0 Å². The zero-order valence-electron chi connectivity index (χ0n) is 17.4. The minimum atomic E-state index is -4.67. The highest BCUT2D eigenvalue weighted by atomic mass is 32.1. The Balaban J connectivity index is 1.47. The lowest BCUT2D eigenvalue weighted by Crippen LogP contribution is -2.40. The summed E-state index contributed by atoms with van der Waals surface area (Å²) in [6, 6.07) is 1.44. The molecule has 2 atom stereocenters. The monoisotopic (exact) mass is 512 g/mol. The Morgan fingerprint density at radius 1 is 0.794 bits per heavy atom. The number of alkyl halides is 2. The Morgan fingerprint density at radius 2 is 1.38 bits per heavy atom. The molecule has 0 amide bonds. The van der Waals surface area contributed by atoms with Crippen molar-refractivity contribution in [2.24, 2.45) is 5.92 Å². The molecule has 2 fully saturated rings. The quantitative estimate of drug-likeness (QED) is 0.319. The van der Waals surface area contributed by atoms with Gasteiger partial charge in [0.25, 0.3) is 0 Å². The summed E-state index contributed by atoms with van der Waals surface area (Å²) in [5, 5.41) is 0.155. The molecular formula is C22H19F7O4S. The van der Waals surface area contributed by atoms with E-state index in [4.69, 9.17) is 14.2 Å². The third kappa shape index (κ3) is 5.29. The van der Waals surface area contributed by atoms with Crippen LogP contribution in [0.4, 0.5) is 30.7 Å². The largest absolute Gasteiger partial charge is 0.432 e. The number of hydrogen-bond acceptors (Lipinski definition) is 5. The molecule has 34 heavy (non-hydrogen) atoms. The SMILES string of the molecule is Fc1cc(OC(F)(F)c2c(F)cc(C3OCC(C4CCC(S)CO4)CO3)cc2F)cc(F)c1F. The van der Waals surface area contributed by atoms with E-state index in [1.807, 2.05) is 0 Å². The summed E-state index contributed by atoms with van der Waals surface area (Å²) in [7, 11) is 0. The second kappa shape index (κ2) is 9.92. The maximum Gasteiger partial charge on any atom is 0.432 e. The number of ether oxygens (including phenoxy) is 4. The molecule has 186 valence electrons. The maximum absolute atomic E-state index is 14.5. The van der Waals surface area contributed by atoms with Crippen LogP contribution in [0.25, 0.3) is 0 Å². The summed E-state index contributed by atoms with van der Waals surface area (Å²) in [6.07, 6.45) is -4.38. The first-order valence-electron chi connectivity index (χ1n) is 10.3. The molecule has 4 rings (SSSR count). The second-order valence-corrected chi connectivity index (χ2v) is 8.77. The first kappa shape index (κ1) is 25.1. The summed E-state index contributed by atoms with van der Waals surface area (Å²) < 4.78 is 118. The van der Waals surface area contributed by atoms with Gasteiger partial charge in [0.2, 0.25) is 0 Å². The van der Waals surface area contributed by atoms with Gasteiger partial charge in [-0.3, -0.25) is 0 Å². The first-order valence-corrected chi connectivity index (χ1v) is 10.8. The Kier molecular flexibility index (Phi) is 7.32. The number of halogens is 7. The Hall–Kier alpha value is -2.02. The molecule has 0 bridgehead atoms. The molecule has 2 unspecified atom stereocenters. The number of benzene rings is 2. The van der Waals surface area contributed by atoms with Crippen molar-refractivity contribution in [3.8, 4) is 5.75 Å². The molecular weight excluding hydrogens is 493 g/mol. The van der Waals surface area contributed by atoms with Gasteiger partial charge in [0, 0.05) is 28.9 Å². The van der Waals surface area contributed by atoms with E-state index in [1.165, 1.54) is 0 Å². The van der Waals surface area contributed by atoms with Gasteiger partial charge >= 0.3 is 6.11 Å². The predicted molar refractivity (Wildman–Crippen MR) is 107 cm³/mol.